The molecule has 0 saturated heterocycles. The van der Waals surface area contributed by atoms with Crippen LogP contribution in [0.2, 0.25) is 0 Å². The van der Waals surface area contributed by atoms with Crippen molar-refractivity contribution < 1.29 is 61.3 Å². The summed E-state index contributed by atoms with van der Waals surface area (Å²) in [6.45, 7) is 4.27. The summed E-state index contributed by atoms with van der Waals surface area (Å²) >= 11 is 0. The maximum atomic E-state index is 9.99. The third-order valence-electron chi connectivity index (χ3n) is 3.21. The summed E-state index contributed by atoms with van der Waals surface area (Å²) in [6.07, 6.45) is 5.89. The summed E-state index contributed by atoms with van der Waals surface area (Å²) < 4.78 is 44.5. The van der Waals surface area contributed by atoms with Gasteiger partial charge < -0.3 is 19.1 Å². The monoisotopic (exact) mass is 414 g/mol. The van der Waals surface area contributed by atoms with Crippen LogP contribution in [0.15, 0.2) is 30.3 Å². The van der Waals surface area contributed by atoms with Gasteiger partial charge in [0.1, 0.15) is 5.75 Å². The molecule has 0 heterocycles. The topological polar surface area (TPSA) is 105 Å². The average Bonchev–Trinajstić information content (AvgIpc) is 2.60. The quantitative estimate of drug-likeness (QED) is 0.162. The van der Waals surface area contributed by atoms with E-state index in [0.717, 1.165) is 18.6 Å². The molecule has 9 heteroatoms. The maximum absolute atomic E-state index is 9.99. The van der Waals surface area contributed by atoms with E-state index in [2.05, 4.69) is 11.1 Å². The molecule has 152 valence electrons. The summed E-state index contributed by atoms with van der Waals surface area (Å²) in [6, 6.07) is 9.44. The predicted molar refractivity (Wildman–Crippen MR) is 98.6 cm³/mol. The van der Waals surface area contributed by atoms with Gasteiger partial charge in [0.05, 0.1) is 19.8 Å². The number of hydrogen-bond acceptors (Lipinski definition) is 7. The largest absolute Gasteiger partial charge is 1.00 e. The summed E-state index contributed by atoms with van der Waals surface area (Å²) in [7, 11) is -4.47. The first-order valence-corrected chi connectivity index (χ1v) is 10.3. The van der Waals surface area contributed by atoms with Crippen LogP contribution in [0.1, 0.15) is 52.4 Å². The molecule has 0 aliphatic rings. The van der Waals surface area contributed by atoms with Gasteiger partial charge in [-0.15, -0.1) is 0 Å². The van der Waals surface area contributed by atoms with Crippen molar-refractivity contribution in [2.24, 2.45) is 0 Å². The van der Waals surface area contributed by atoms with Crippen LogP contribution < -0.4 is 34.3 Å². The Hall–Kier alpha value is -0.190. The van der Waals surface area contributed by atoms with E-state index in [4.69, 9.17) is 14.6 Å². The minimum atomic E-state index is -4.47. The van der Waals surface area contributed by atoms with Gasteiger partial charge >= 0.3 is 29.6 Å². The van der Waals surface area contributed by atoms with E-state index in [1.807, 2.05) is 30.3 Å². The first kappa shape index (κ1) is 29.0. The van der Waals surface area contributed by atoms with E-state index in [1.165, 1.54) is 19.3 Å². The minimum absolute atomic E-state index is 0. The molecule has 0 spiro atoms. The van der Waals surface area contributed by atoms with Crippen molar-refractivity contribution in [1.29, 1.82) is 0 Å². The van der Waals surface area contributed by atoms with Crippen LogP contribution >= 0.6 is 0 Å². The number of para-hydroxylation sites is 1. The van der Waals surface area contributed by atoms with E-state index < -0.39 is 10.4 Å². The van der Waals surface area contributed by atoms with Crippen molar-refractivity contribution in [2.75, 3.05) is 19.8 Å². The van der Waals surface area contributed by atoms with Gasteiger partial charge in [0.15, 0.2) is 6.29 Å². The van der Waals surface area contributed by atoms with E-state index in [9.17, 15) is 13.0 Å². The SMILES string of the molecule is CC(OCCO)Oc1ccccc1.CCCCCCCCOS(=O)(=O)[O-].[Na+]. The number of rotatable bonds is 13. The van der Waals surface area contributed by atoms with Crippen molar-refractivity contribution in [3.8, 4) is 5.75 Å². The van der Waals surface area contributed by atoms with Crippen molar-refractivity contribution in [3.63, 3.8) is 0 Å². The first-order chi connectivity index (χ1) is 12.4. The molecule has 27 heavy (non-hydrogen) atoms. The number of aliphatic hydroxyl groups is 1. The van der Waals surface area contributed by atoms with Gasteiger partial charge in [0, 0.05) is 0 Å². The minimum Gasteiger partial charge on any atom is -0.726 e. The van der Waals surface area contributed by atoms with Gasteiger partial charge in [-0.3, -0.25) is 4.18 Å². The molecule has 7 nitrogen and oxygen atoms in total. The van der Waals surface area contributed by atoms with E-state index >= 15 is 0 Å². The Bertz CT molecular complexity index is 526. The molecule has 0 aromatic heterocycles. The fourth-order valence-corrected chi connectivity index (χ4v) is 2.31. The molecule has 1 unspecified atom stereocenters. The molecular weight excluding hydrogens is 383 g/mol. The first-order valence-electron chi connectivity index (χ1n) is 8.93. The van der Waals surface area contributed by atoms with Gasteiger partial charge in [-0.2, -0.15) is 0 Å². The molecule has 1 aromatic rings. The Kier molecular flexibility index (Phi) is 20.6. The summed E-state index contributed by atoms with van der Waals surface area (Å²) in [4.78, 5) is 0. The molecule has 0 amide bonds. The fraction of sp³-hybridized carbons (Fsp3) is 0.667. The van der Waals surface area contributed by atoms with Gasteiger partial charge in [0.2, 0.25) is 10.4 Å². The Morgan fingerprint density at radius 3 is 2.19 bits per heavy atom. The molecule has 0 fully saturated rings. The van der Waals surface area contributed by atoms with Gasteiger partial charge in [0.25, 0.3) is 0 Å². The third kappa shape index (κ3) is 22.0. The van der Waals surface area contributed by atoms with Crippen LogP contribution in [0.25, 0.3) is 0 Å². The van der Waals surface area contributed by atoms with E-state index in [1.54, 1.807) is 6.92 Å². The van der Waals surface area contributed by atoms with Gasteiger partial charge in [-0.25, -0.2) is 8.42 Å². The molecule has 1 rings (SSSR count). The van der Waals surface area contributed by atoms with Crippen molar-refractivity contribution in [1.82, 2.24) is 0 Å². The number of hydrogen-bond donors (Lipinski definition) is 1. The number of aliphatic hydroxyl groups excluding tert-OH is 1. The predicted octanol–water partition coefficient (Wildman–Crippen LogP) is 0.248. The molecule has 1 N–H and O–H groups in total. The van der Waals surface area contributed by atoms with Crippen LogP contribution in [0, 0.1) is 0 Å². The Morgan fingerprint density at radius 1 is 1.04 bits per heavy atom. The second-order valence-electron chi connectivity index (χ2n) is 5.59. The smallest absolute Gasteiger partial charge is 0.726 e. The van der Waals surface area contributed by atoms with E-state index in [-0.39, 0.29) is 49.1 Å². The molecule has 1 atom stereocenters. The van der Waals surface area contributed by atoms with Crippen molar-refractivity contribution >= 4 is 10.4 Å². The van der Waals surface area contributed by atoms with Crippen molar-refractivity contribution in [3.05, 3.63) is 30.3 Å². The van der Waals surface area contributed by atoms with Gasteiger partial charge in [-0.05, 0) is 25.5 Å². The number of benzene rings is 1. The standard InChI is InChI=1S/C10H14O3.C8H18O4S.Na/c1-9(12-8-7-11)13-10-5-3-2-4-6-10;1-2-3-4-5-6-7-8-12-13(9,10)11;/h2-6,9,11H,7-8H2,1H3;2-8H2,1H3,(H,9,10,11);/q;;+1/p-1. The fourth-order valence-electron chi connectivity index (χ4n) is 1.99. The number of unbranched alkanes of at least 4 members (excludes halogenated alkanes) is 5. The van der Waals surface area contributed by atoms with Crippen LogP contribution in [-0.2, 0) is 19.3 Å². The molecule has 0 aliphatic carbocycles. The second kappa shape index (κ2) is 19.1. The summed E-state index contributed by atoms with van der Waals surface area (Å²) in [5, 5.41) is 8.50. The van der Waals surface area contributed by atoms with Crippen LogP contribution in [0.4, 0.5) is 0 Å². The zero-order valence-electron chi connectivity index (χ0n) is 16.6. The van der Waals surface area contributed by atoms with Crippen LogP contribution in [-0.4, -0.2) is 44.2 Å². The average molecular weight is 414 g/mol. The molecule has 0 aliphatic heterocycles. The molecule has 0 saturated carbocycles. The zero-order valence-corrected chi connectivity index (χ0v) is 19.4. The maximum Gasteiger partial charge on any atom is 1.00 e. The van der Waals surface area contributed by atoms with Crippen LogP contribution in [0.5, 0.6) is 5.75 Å². The van der Waals surface area contributed by atoms with Crippen molar-refractivity contribution in [2.45, 2.75) is 58.7 Å². The molecule has 1 aromatic carbocycles. The van der Waals surface area contributed by atoms with Crippen LogP contribution in [0.3, 0.4) is 0 Å². The van der Waals surface area contributed by atoms with E-state index in [0.29, 0.717) is 13.0 Å². The Morgan fingerprint density at radius 2 is 1.63 bits per heavy atom. The van der Waals surface area contributed by atoms with Gasteiger partial charge in [-0.1, -0.05) is 57.2 Å². The zero-order chi connectivity index (χ0) is 19.7. The Balaban J connectivity index is 0. The second-order valence-corrected chi connectivity index (χ2v) is 6.64. The summed E-state index contributed by atoms with van der Waals surface area (Å²) in [5.41, 5.74) is 0. The molecule has 0 bridgehead atoms. The summed E-state index contributed by atoms with van der Waals surface area (Å²) in [5.74, 6) is 0.771. The molecular formula is C18H31NaO7S. The third-order valence-corrected chi connectivity index (χ3v) is 3.67. The molecule has 0 radical (unpaired) electrons. The Labute approximate surface area is 185 Å². The normalized spacial score (nSPS) is 11.7. The number of ether oxygens (including phenoxy) is 2.